The lowest BCUT2D eigenvalue weighted by Gasteiger charge is -2.67. The highest BCUT2D eigenvalue weighted by molar-refractivity contribution is 5.73. The van der Waals surface area contributed by atoms with Crippen molar-refractivity contribution in [2.45, 2.75) is 129 Å². The summed E-state index contributed by atoms with van der Waals surface area (Å²) in [6, 6.07) is -1.12. The number of allylic oxidation sites excluding steroid dienone is 2. The van der Waals surface area contributed by atoms with Gasteiger partial charge in [-0.2, -0.15) is 0 Å². The number of aliphatic carboxylic acids is 1. The lowest BCUT2D eigenvalue weighted by molar-refractivity contribution is -0.329. The predicted octanol–water partition coefficient (Wildman–Crippen LogP) is 1.81. The van der Waals surface area contributed by atoms with Crippen molar-refractivity contribution in [1.29, 1.82) is 0 Å². The third kappa shape index (κ3) is 5.06. The standard InChI is InChI=1S/C30H51NO9/c1-14-8-9-20-29(5,16(14)12-17(38-7)21(31)26(36)37)11-10-19-28(3,4)25(35)18(13-30(19,20)6)40-27-24(34)23(33)22(32)15(2)39-27/h8,15-25,27,32-35H,9-13,31H2,1-7H3,(H,36,37). The number of carboxylic acids is 1. The maximum absolute atomic E-state index is 11.7. The molecule has 14 unspecified atom stereocenters. The van der Waals surface area contributed by atoms with Crippen LogP contribution in [0.2, 0.25) is 0 Å². The summed E-state index contributed by atoms with van der Waals surface area (Å²) >= 11 is 0. The van der Waals surface area contributed by atoms with E-state index in [4.69, 9.17) is 19.9 Å². The van der Waals surface area contributed by atoms with Crippen molar-refractivity contribution in [3.05, 3.63) is 11.6 Å². The summed E-state index contributed by atoms with van der Waals surface area (Å²) in [6.07, 6.45) is -2.13. The summed E-state index contributed by atoms with van der Waals surface area (Å²) < 4.78 is 17.6. The van der Waals surface area contributed by atoms with E-state index in [0.29, 0.717) is 12.8 Å². The van der Waals surface area contributed by atoms with Crippen molar-refractivity contribution in [2.75, 3.05) is 7.11 Å². The van der Waals surface area contributed by atoms with Crippen molar-refractivity contribution in [2.24, 2.45) is 39.7 Å². The highest BCUT2D eigenvalue weighted by Crippen LogP contribution is 2.69. The van der Waals surface area contributed by atoms with E-state index in [9.17, 15) is 30.3 Å². The summed E-state index contributed by atoms with van der Waals surface area (Å²) in [4.78, 5) is 11.7. The molecule has 0 aromatic carbocycles. The molecule has 0 spiro atoms. The molecule has 3 fully saturated rings. The number of carboxylic acid groups (broad SMARTS) is 1. The van der Waals surface area contributed by atoms with E-state index in [2.05, 4.69) is 40.7 Å². The molecule has 10 nitrogen and oxygen atoms in total. The van der Waals surface area contributed by atoms with E-state index in [1.165, 1.54) is 12.7 Å². The first kappa shape index (κ1) is 31.8. The van der Waals surface area contributed by atoms with Gasteiger partial charge in [0.1, 0.15) is 24.4 Å². The molecule has 4 aliphatic rings. The zero-order chi connectivity index (χ0) is 29.9. The molecular weight excluding hydrogens is 518 g/mol. The Morgan fingerprint density at radius 2 is 1.75 bits per heavy atom. The van der Waals surface area contributed by atoms with Gasteiger partial charge < -0.3 is 45.5 Å². The van der Waals surface area contributed by atoms with Crippen LogP contribution in [-0.2, 0) is 19.0 Å². The largest absolute Gasteiger partial charge is 0.480 e. The number of carbonyl (C=O) groups is 1. The van der Waals surface area contributed by atoms with Gasteiger partial charge in [0.2, 0.25) is 0 Å². The summed E-state index contributed by atoms with van der Waals surface area (Å²) in [6.45, 7) is 12.5. The van der Waals surface area contributed by atoms with E-state index in [-0.39, 0.29) is 28.6 Å². The van der Waals surface area contributed by atoms with E-state index in [1.807, 2.05) is 0 Å². The number of aliphatic hydroxyl groups is 4. The average molecular weight is 570 g/mol. The molecule has 0 amide bonds. The summed E-state index contributed by atoms with van der Waals surface area (Å²) in [5.41, 5.74) is 6.33. The molecule has 0 aromatic heterocycles. The molecule has 230 valence electrons. The fraction of sp³-hybridized carbons (Fsp3) is 0.900. The van der Waals surface area contributed by atoms with Gasteiger partial charge in [0.05, 0.1) is 24.4 Å². The highest BCUT2D eigenvalue weighted by atomic mass is 16.7. The zero-order valence-electron chi connectivity index (χ0n) is 25.0. The van der Waals surface area contributed by atoms with E-state index in [0.717, 1.165) is 19.3 Å². The molecule has 14 atom stereocenters. The molecule has 3 aliphatic carbocycles. The molecule has 10 heteroatoms. The Balaban J connectivity index is 1.65. The Labute approximate surface area is 237 Å². The van der Waals surface area contributed by atoms with Crippen LogP contribution in [0, 0.1) is 34.0 Å². The molecule has 1 aliphatic heterocycles. The molecule has 2 saturated carbocycles. The fourth-order valence-corrected chi connectivity index (χ4v) is 9.27. The Morgan fingerprint density at radius 1 is 1.10 bits per heavy atom. The van der Waals surface area contributed by atoms with Crippen LogP contribution in [-0.4, -0.2) is 93.7 Å². The average Bonchev–Trinajstić information content (AvgIpc) is 2.88. The number of methoxy groups -OCH3 is 1. The van der Waals surface area contributed by atoms with Crippen LogP contribution < -0.4 is 5.73 Å². The van der Waals surface area contributed by atoms with Crippen molar-refractivity contribution in [3.63, 3.8) is 0 Å². The third-order valence-electron chi connectivity index (χ3n) is 11.6. The lowest BCUT2D eigenvalue weighted by atomic mass is 9.39. The second-order valence-corrected chi connectivity index (χ2v) is 14.1. The number of rotatable bonds is 7. The summed E-state index contributed by atoms with van der Waals surface area (Å²) in [7, 11) is 1.51. The normalized spacial score (nSPS) is 48.4. The molecule has 4 rings (SSSR count). The van der Waals surface area contributed by atoms with Crippen molar-refractivity contribution in [3.8, 4) is 0 Å². The topological polar surface area (TPSA) is 172 Å². The molecule has 0 aromatic rings. The van der Waals surface area contributed by atoms with Crippen LogP contribution in [0.15, 0.2) is 11.6 Å². The van der Waals surface area contributed by atoms with Crippen LogP contribution in [0.1, 0.15) is 73.6 Å². The van der Waals surface area contributed by atoms with Crippen LogP contribution in [0.5, 0.6) is 0 Å². The smallest absolute Gasteiger partial charge is 0.323 e. The second kappa shape index (κ2) is 11.2. The highest BCUT2D eigenvalue weighted by Gasteiger charge is 2.65. The van der Waals surface area contributed by atoms with Gasteiger partial charge in [-0.05, 0) is 80.0 Å². The zero-order valence-corrected chi connectivity index (χ0v) is 25.0. The number of ether oxygens (including phenoxy) is 3. The van der Waals surface area contributed by atoms with Crippen LogP contribution >= 0.6 is 0 Å². The number of hydrogen-bond acceptors (Lipinski definition) is 9. The van der Waals surface area contributed by atoms with Gasteiger partial charge >= 0.3 is 5.97 Å². The second-order valence-electron chi connectivity index (χ2n) is 14.1. The van der Waals surface area contributed by atoms with Crippen molar-refractivity contribution < 1.29 is 44.5 Å². The van der Waals surface area contributed by atoms with E-state index >= 15 is 0 Å². The number of fused-ring (bicyclic) bond motifs is 3. The van der Waals surface area contributed by atoms with Crippen molar-refractivity contribution >= 4 is 5.97 Å². The van der Waals surface area contributed by atoms with Gasteiger partial charge in [0.25, 0.3) is 0 Å². The Hall–Kier alpha value is -1.11. The van der Waals surface area contributed by atoms with Crippen LogP contribution in [0.25, 0.3) is 0 Å². The van der Waals surface area contributed by atoms with E-state index in [1.54, 1.807) is 6.92 Å². The minimum Gasteiger partial charge on any atom is -0.480 e. The Kier molecular flexibility index (Phi) is 8.90. The lowest BCUT2D eigenvalue weighted by Crippen LogP contribution is -2.66. The minimum atomic E-state index is -1.45. The molecular formula is C30H51NO9. The molecule has 1 heterocycles. The van der Waals surface area contributed by atoms with Gasteiger partial charge in [-0.25, -0.2) is 0 Å². The fourth-order valence-electron chi connectivity index (χ4n) is 9.27. The van der Waals surface area contributed by atoms with Gasteiger partial charge in [0, 0.05) is 7.11 Å². The quantitative estimate of drug-likeness (QED) is 0.196. The number of nitrogens with two attached hydrogens (primary N) is 1. The first-order valence-electron chi connectivity index (χ1n) is 14.7. The summed E-state index contributed by atoms with van der Waals surface area (Å²) in [5, 5.41) is 52.3. The predicted molar refractivity (Wildman–Crippen MR) is 147 cm³/mol. The Morgan fingerprint density at radius 3 is 2.35 bits per heavy atom. The molecule has 0 bridgehead atoms. The van der Waals surface area contributed by atoms with Gasteiger partial charge in [-0.1, -0.05) is 39.3 Å². The molecule has 1 saturated heterocycles. The van der Waals surface area contributed by atoms with Crippen molar-refractivity contribution in [1.82, 2.24) is 0 Å². The van der Waals surface area contributed by atoms with Crippen LogP contribution in [0.3, 0.4) is 0 Å². The number of hydrogen-bond donors (Lipinski definition) is 6. The first-order valence-corrected chi connectivity index (χ1v) is 14.7. The number of aliphatic hydroxyl groups excluding tert-OH is 4. The summed E-state index contributed by atoms with van der Waals surface area (Å²) in [5.74, 6) is -0.589. The maximum atomic E-state index is 11.7. The molecule has 0 radical (unpaired) electrons. The van der Waals surface area contributed by atoms with Gasteiger partial charge in [-0.15, -0.1) is 0 Å². The minimum absolute atomic E-state index is 0.0784. The van der Waals surface area contributed by atoms with Crippen LogP contribution in [0.4, 0.5) is 0 Å². The molecule has 40 heavy (non-hydrogen) atoms. The van der Waals surface area contributed by atoms with E-state index < -0.39 is 66.4 Å². The first-order chi connectivity index (χ1) is 18.5. The van der Waals surface area contributed by atoms with Gasteiger partial charge in [-0.3, -0.25) is 4.79 Å². The monoisotopic (exact) mass is 569 g/mol. The maximum Gasteiger partial charge on any atom is 0.323 e. The van der Waals surface area contributed by atoms with Gasteiger partial charge in [0.15, 0.2) is 6.29 Å². The molecule has 7 N–H and O–H groups in total. The third-order valence-corrected chi connectivity index (χ3v) is 11.6. The SMILES string of the molecule is COC(CC1C(C)=CCC2C1(C)CCC1C(C)(C)C(O)C(OC3OC(C)C(O)C(O)C3O)CC12C)C(N)C(=O)O. The Bertz CT molecular complexity index is 973.